The van der Waals surface area contributed by atoms with Crippen LogP contribution in [-0.4, -0.2) is 22.9 Å². The summed E-state index contributed by atoms with van der Waals surface area (Å²) in [5, 5.41) is 4.10. The van der Waals surface area contributed by atoms with E-state index in [1.807, 2.05) is 0 Å². The highest BCUT2D eigenvalue weighted by atomic mass is 79.9. The Balaban J connectivity index is 2.34. The third-order valence-electron chi connectivity index (χ3n) is 3.27. The van der Waals surface area contributed by atoms with Gasteiger partial charge in [-0.05, 0) is 34.2 Å². The van der Waals surface area contributed by atoms with Crippen molar-refractivity contribution in [3.05, 3.63) is 21.0 Å². The van der Waals surface area contributed by atoms with Crippen molar-refractivity contribution in [2.45, 2.75) is 20.3 Å². The van der Waals surface area contributed by atoms with Gasteiger partial charge in [-0.3, -0.25) is 4.79 Å². The Labute approximate surface area is 110 Å². The van der Waals surface area contributed by atoms with E-state index in [1.165, 1.54) is 11.1 Å². The van der Waals surface area contributed by atoms with Gasteiger partial charge in [-0.2, -0.15) is 5.10 Å². The Hall–Kier alpha value is -0.840. The highest BCUT2D eigenvalue weighted by Gasteiger charge is 2.24. The molecule has 0 bridgehead atoms. The van der Waals surface area contributed by atoms with Crippen LogP contribution in [0, 0.1) is 11.8 Å². The van der Waals surface area contributed by atoms with Gasteiger partial charge >= 0.3 is 0 Å². The van der Waals surface area contributed by atoms with Gasteiger partial charge in [0, 0.05) is 20.1 Å². The fraction of sp³-hybridized carbons (Fsp3) is 0.667. The summed E-state index contributed by atoms with van der Waals surface area (Å²) in [6, 6.07) is 0. The number of aromatic nitrogens is 2. The standard InChI is InChI=1S/C12H18BrN3O/c1-8-4-9(2)7-16(6-8)10-5-14-15(3)12(17)11(10)13/h5,8-9H,4,6-7H2,1-3H3/t8-,9-/m1/s1. The molecule has 0 aromatic carbocycles. The average molecular weight is 300 g/mol. The number of hydrogen-bond donors (Lipinski definition) is 0. The number of nitrogens with zero attached hydrogens (tertiary/aromatic N) is 3. The largest absolute Gasteiger partial charge is 0.369 e. The highest BCUT2D eigenvalue weighted by molar-refractivity contribution is 9.10. The molecule has 0 radical (unpaired) electrons. The van der Waals surface area contributed by atoms with Gasteiger partial charge in [0.1, 0.15) is 4.47 Å². The second-order valence-electron chi connectivity index (χ2n) is 5.12. The van der Waals surface area contributed by atoms with Crippen LogP contribution in [0.4, 0.5) is 5.69 Å². The molecule has 94 valence electrons. The monoisotopic (exact) mass is 299 g/mol. The van der Waals surface area contributed by atoms with Crippen molar-refractivity contribution in [2.24, 2.45) is 18.9 Å². The zero-order valence-corrected chi connectivity index (χ0v) is 12.1. The van der Waals surface area contributed by atoms with E-state index in [2.05, 4.69) is 39.8 Å². The summed E-state index contributed by atoms with van der Waals surface area (Å²) < 4.78 is 1.97. The maximum Gasteiger partial charge on any atom is 0.282 e. The Bertz CT molecular complexity index is 461. The number of aryl methyl sites for hydroxylation is 1. The Morgan fingerprint density at radius 2 is 1.94 bits per heavy atom. The molecule has 0 amide bonds. The van der Waals surface area contributed by atoms with Gasteiger partial charge < -0.3 is 4.90 Å². The van der Waals surface area contributed by atoms with Gasteiger partial charge in [-0.1, -0.05) is 13.8 Å². The predicted octanol–water partition coefficient (Wildman–Crippen LogP) is 2.03. The van der Waals surface area contributed by atoms with Crippen LogP contribution < -0.4 is 10.5 Å². The molecule has 2 atom stereocenters. The second-order valence-corrected chi connectivity index (χ2v) is 5.92. The van der Waals surface area contributed by atoms with E-state index in [1.54, 1.807) is 13.2 Å². The van der Waals surface area contributed by atoms with Crippen molar-refractivity contribution in [1.82, 2.24) is 9.78 Å². The minimum absolute atomic E-state index is 0.0756. The molecule has 0 spiro atoms. The van der Waals surface area contributed by atoms with Gasteiger partial charge in [0.05, 0.1) is 11.9 Å². The van der Waals surface area contributed by atoms with Crippen molar-refractivity contribution in [2.75, 3.05) is 18.0 Å². The molecule has 4 nitrogen and oxygen atoms in total. The fourth-order valence-corrected chi connectivity index (χ4v) is 3.19. The van der Waals surface area contributed by atoms with Crippen molar-refractivity contribution in [1.29, 1.82) is 0 Å². The SMILES string of the molecule is C[C@@H]1C[C@@H](C)CN(c2cnn(C)c(=O)c2Br)C1. The van der Waals surface area contributed by atoms with E-state index in [0.29, 0.717) is 16.3 Å². The minimum atomic E-state index is -0.0756. The summed E-state index contributed by atoms with van der Waals surface area (Å²) in [5.74, 6) is 1.32. The van der Waals surface area contributed by atoms with Crippen LogP contribution in [0.2, 0.25) is 0 Å². The molecule has 0 aliphatic carbocycles. The van der Waals surface area contributed by atoms with Crippen molar-refractivity contribution < 1.29 is 0 Å². The minimum Gasteiger partial charge on any atom is -0.369 e. The fourth-order valence-electron chi connectivity index (χ4n) is 2.58. The van der Waals surface area contributed by atoms with Gasteiger partial charge in [-0.15, -0.1) is 0 Å². The first kappa shape index (κ1) is 12.6. The molecular weight excluding hydrogens is 282 g/mol. The summed E-state index contributed by atoms with van der Waals surface area (Å²) >= 11 is 3.39. The molecule has 1 fully saturated rings. The smallest absolute Gasteiger partial charge is 0.282 e. The van der Waals surface area contributed by atoms with Crippen LogP contribution in [0.3, 0.4) is 0 Å². The maximum absolute atomic E-state index is 11.8. The second kappa shape index (κ2) is 4.80. The molecule has 2 rings (SSSR count). The van der Waals surface area contributed by atoms with Crippen LogP contribution >= 0.6 is 15.9 Å². The lowest BCUT2D eigenvalue weighted by molar-refractivity contribution is 0.356. The van der Waals surface area contributed by atoms with Crippen molar-refractivity contribution in [3.8, 4) is 0 Å². The molecule has 2 heterocycles. The normalized spacial score (nSPS) is 25.1. The number of halogens is 1. The Kier molecular flexibility index (Phi) is 3.56. The van der Waals surface area contributed by atoms with E-state index >= 15 is 0 Å². The van der Waals surface area contributed by atoms with E-state index < -0.39 is 0 Å². The molecule has 1 aromatic heterocycles. The molecule has 17 heavy (non-hydrogen) atoms. The molecule has 0 saturated carbocycles. The average Bonchev–Trinajstić information content (AvgIpc) is 2.24. The summed E-state index contributed by atoms with van der Waals surface area (Å²) in [6.07, 6.45) is 3.03. The predicted molar refractivity (Wildman–Crippen MR) is 72.3 cm³/mol. The first-order valence-electron chi connectivity index (χ1n) is 5.95. The first-order chi connectivity index (χ1) is 7.99. The molecule has 1 saturated heterocycles. The molecule has 0 unspecified atom stereocenters. The van der Waals surface area contributed by atoms with Gasteiger partial charge in [0.2, 0.25) is 0 Å². The van der Waals surface area contributed by atoms with Crippen LogP contribution in [0.15, 0.2) is 15.5 Å². The Morgan fingerprint density at radius 1 is 1.35 bits per heavy atom. The number of rotatable bonds is 1. The van der Waals surface area contributed by atoms with Gasteiger partial charge in [0.15, 0.2) is 0 Å². The number of anilines is 1. The lowest BCUT2D eigenvalue weighted by Gasteiger charge is -2.36. The van der Waals surface area contributed by atoms with E-state index in [4.69, 9.17) is 0 Å². The third-order valence-corrected chi connectivity index (χ3v) is 4.01. The first-order valence-corrected chi connectivity index (χ1v) is 6.75. The van der Waals surface area contributed by atoms with Crippen LogP contribution in [0.25, 0.3) is 0 Å². The summed E-state index contributed by atoms with van der Waals surface area (Å²) in [7, 11) is 1.67. The van der Waals surface area contributed by atoms with E-state index in [0.717, 1.165) is 18.8 Å². The molecule has 0 N–H and O–H groups in total. The summed E-state index contributed by atoms with van der Waals surface area (Å²) in [5.41, 5.74) is 0.847. The van der Waals surface area contributed by atoms with E-state index in [-0.39, 0.29) is 5.56 Å². The number of hydrogen-bond acceptors (Lipinski definition) is 3. The zero-order valence-electron chi connectivity index (χ0n) is 10.5. The topological polar surface area (TPSA) is 38.1 Å². The molecule has 1 aliphatic rings. The molecule has 1 aliphatic heterocycles. The number of piperidine rings is 1. The van der Waals surface area contributed by atoms with Crippen LogP contribution in [0.5, 0.6) is 0 Å². The van der Waals surface area contributed by atoms with Crippen LogP contribution in [-0.2, 0) is 7.05 Å². The maximum atomic E-state index is 11.8. The lowest BCUT2D eigenvalue weighted by atomic mass is 9.92. The van der Waals surface area contributed by atoms with Crippen molar-refractivity contribution in [3.63, 3.8) is 0 Å². The third kappa shape index (κ3) is 2.54. The Morgan fingerprint density at radius 3 is 2.53 bits per heavy atom. The summed E-state index contributed by atoms with van der Waals surface area (Å²) in [6.45, 7) is 6.51. The lowest BCUT2D eigenvalue weighted by Crippen LogP contribution is -2.40. The van der Waals surface area contributed by atoms with Gasteiger partial charge in [0.25, 0.3) is 5.56 Å². The van der Waals surface area contributed by atoms with Gasteiger partial charge in [-0.25, -0.2) is 4.68 Å². The highest BCUT2D eigenvalue weighted by Crippen LogP contribution is 2.29. The summed E-state index contributed by atoms with van der Waals surface area (Å²) in [4.78, 5) is 14.1. The quantitative estimate of drug-likeness (QED) is 0.796. The zero-order chi connectivity index (χ0) is 12.6. The molecule has 1 aromatic rings. The molecular formula is C12H18BrN3O. The van der Waals surface area contributed by atoms with E-state index in [9.17, 15) is 4.79 Å². The van der Waals surface area contributed by atoms with Crippen molar-refractivity contribution >= 4 is 21.6 Å². The molecule has 5 heteroatoms. The van der Waals surface area contributed by atoms with Crippen LogP contribution in [0.1, 0.15) is 20.3 Å².